The van der Waals surface area contributed by atoms with Crippen LogP contribution in [-0.4, -0.2) is 31.6 Å². The number of anilines is 1. The standard InChI is InChI=1S/C25H32N2O3/c1-3-9-21(20-10-5-6-11-22(20)27-16-7-8-17-27)23(24(26)28)18-12-14-19(15-13-18)25(29)30-4-2/h5-6,10-15,21,23H,3-4,7-9,16-17H2,1-2H3,(H2,26,28). The molecule has 5 heteroatoms. The van der Waals surface area contributed by atoms with Crippen LogP contribution < -0.4 is 10.6 Å². The highest BCUT2D eigenvalue weighted by Crippen LogP contribution is 2.41. The van der Waals surface area contributed by atoms with E-state index in [1.807, 2.05) is 18.2 Å². The highest BCUT2D eigenvalue weighted by molar-refractivity contribution is 5.90. The highest BCUT2D eigenvalue weighted by Gasteiger charge is 2.32. The molecule has 0 radical (unpaired) electrons. The number of carbonyl (C=O) groups is 2. The Bertz CT molecular complexity index is 857. The summed E-state index contributed by atoms with van der Waals surface area (Å²) >= 11 is 0. The van der Waals surface area contributed by atoms with Gasteiger partial charge < -0.3 is 15.4 Å². The third-order valence-electron chi connectivity index (χ3n) is 5.87. The molecule has 3 rings (SSSR count). The number of hydrogen-bond acceptors (Lipinski definition) is 4. The average molecular weight is 409 g/mol. The van der Waals surface area contributed by atoms with Crippen molar-refractivity contribution in [3.05, 3.63) is 65.2 Å². The first-order chi connectivity index (χ1) is 14.6. The first-order valence-corrected chi connectivity index (χ1v) is 11.0. The minimum Gasteiger partial charge on any atom is -0.462 e. The van der Waals surface area contributed by atoms with E-state index in [9.17, 15) is 9.59 Å². The van der Waals surface area contributed by atoms with Gasteiger partial charge in [0.2, 0.25) is 5.91 Å². The van der Waals surface area contributed by atoms with Crippen molar-refractivity contribution in [1.29, 1.82) is 0 Å². The Kier molecular flexibility index (Phi) is 7.50. The minimum absolute atomic E-state index is 0.0160. The molecule has 2 N–H and O–H groups in total. The van der Waals surface area contributed by atoms with Crippen LogP contribution in [-0.2, 0) is 9.53 Å². The predicted molar refractivity (Wildman–Crippen MR) is 120 cm³/mol. The molecule has 1 heterocycles. The van der Waals surface area contributed by atoms with Gasteiger partial charge in [0, 0.05) is 24.7 Å². The lowest BCUT2D eigenvalue weighted by Gasteiger charge is -2.30. The monoisotopic (exact) mass is 408 g/mol. The number of nitrogens with zero attached hydrogens (tertiary/aromatic N) is 1. The van der Waals surface area contributed by atoms with Crippen molar-refractivity contribution < 1.29 is 14.3 Å². The van der Waals surface area contributed by atoms with E-state index in [0.717, 1.165) is 31.5 Å². The van der Waals surface area contributed by atoms with Gasteiger partial charge in [-0.15, -0.1) is 0 Å². The van der Waals surface area contributed by atoms with Gasteiger partial charge in [0.05, 0.1) is 18.1 Å². The molecule has 0 saturated carbocycles. The first kappa shape index (κ1) is 21.9. The first-order valence-electron chi connectivity index (χ1n) is 11.0. The fourth-order valence-corrected chi connectivity index (χ4v) is 4.50. The van der Waals surface area contributed by atoms with Crippen LogP contribution in [0.1, 0.15) is 72.9 Å². The number of para-hydroxylation sites is 1. The normalized spacial score (nSPS) is 15.6. The number of amides is 1. The molecule has 30 heavy (non-hydrogen) atoms. The lowest BCUT2D eigenvalue weighted by molar-refractivity contribution is -0.120. The van der Waals surface area contributed by atoms with Crippen LogP contribution in [0.5, 0.6) is 0 Å². The second-order valence-corrected chi connectivity index (χ2v) is 7.87. The number of primary amides is 1. The van der Waals surface area contributed by atoms with Crippen LogP contribution in [0.3, 0.4) is 0 Å². The maximum absolute atomic E-state index is 12.7. The summed E-state index contributed by atoms with van der Waals surface area (Å²) in [5.41, 5.74) is 9.65. The van der Waals surface area contributed by atoms with E-state index in [2.05, 4.69) is 30.0 Å². The van der Waals surface area contributed by atoms with E-state index < -0.39 is 5.92 Å². The topological polar surface area (TPSA) is 72.6 Å². The predicted octanol–water partition coefficient (Wildman–Crippen LogP) is 4.62. The van der Waals surface area contributed by atoms with Crippen molar-refractivity contribution in [1.82, 2.24) is 0 Å². The summed E-state index contributed by atoms with van der Waals surface area (Å²) in [5, 5.41) is 0. The summed E-state index contributed by atoms with van der Waals surface area (Å²) in [6.45, 7) is 6.34. The van der Waals surface area contributed by atoms with Crippen molar-refractivity contribution >= 4 is 17.6 Å². The number of nitrogens with two attached hydrogens (primary N) is 1. The van der Waals surface area contributed by atoms with Crippen LogP contribution in [0, 0.1) is 0 Å². The summed E-state index contributed by atoms with van der Waals surface area (Å²) < 4.78 is 5.07. The van der Waals surface area contributed by atoms with Crippen molar-refractivity contribution in [2.24, 2.45) is 5.73 Å². The number of ether oxygens (including phenoxy) is 1. The Morgan fingerprint density at radius 1 is 1.03 bits per heavy atom. The maximum Gasteiger partial charge on any atom is 0.338 e. The van der Waals surface area contributed by atoms with Crippen molar-refractivity contribution in [3.8, 4) is 0 Å². The van der Waals surface area contributed by atoms with E-state index in [1.54, 1.807) is 19.1 Å². The summed E-state index contributed by atoms with van der Waals surface area (Å²) in [4.78, 5) is 27.1. The van der Waals surface area contributed by atoms with Gasteiger partial charge in [0.15, 0.2) is 0 Å². The molecule has 2 aromatic carbocycles. The van der Waals surface area contributed by atoms with Crippen molar-refractivity contribution in [2.75, 3.05) is 24.6 Å². The molecular weight excluding hydrogens is 376 g/mol. The molecule has 1 aliphatic rings. The van der Waals surface area contributed by atoms with E-state index in [0.29, 0.717) is 12.2 Å². The van der Waals surface area contributed by atoms with E-state index in [4.69, 9.17) is 10.5 Å². The molecule has 0 bridgehead atoms. The molecule has 0 aromatic heterocycles. The molecule has 1 saturated heterocycles. The van der Waals surface area contributed by atoms with Crippen LogP contribution in [0.15, 0.2) is 48.5 Å². The average Bonchev–Trinajstić information content (AvgIpc) is 3.28. The zero-order chi connectivity index (χ0) is 21.5. The molecule has 1 fully saturated rings. The van der Waals surface area contributed by atoms with Gasteiger partial charge >= 0.3 is 5.97 Å². The summed E-state index contributed by atoms with van der Waals surface area (Å²) in [7, 11) is 0. The van der Waals surface area contributed by atoms with Crippen molar-refractivity contribution in [3.63, 3.8) is 0 Å². The minimum atomic E-state index is -0.454. The highest BCUT2D eigenvalue weighted by atomic mass is 16.5. The molecule has 2 unspecified atom stereocenters. The number of carbonyl (C=O) groups excluding carboxylic acids is 2. The fourth-order valence-electron chi connectivity index (χ4n) is 4.50. The molecule has 160 valence electrons. The fraction of sp³-hybridized carbons (Fsp3) is 0.440. The van der Waals surface area contributed by atoms with Gasteiger partial charge in [-0.3, -0.25) is 4.79 Å². The summed E-state index contributed by atoms with van der Waals surface area (Å²) in [5.74, 6) is -1.17. The quantitative estimate of drug-likeness (QED) is 0.615. The zero-order valence-electron chi connectivity index (χ0n) is 18.0. The lowest BCUT2D eigenvalue weighted by atomic mass is 9.77. The molecule has 0 aliphatic carbocycles. The Labute approximate surface area is 179 Å². The summed E-state index contributed by atoms with van der Waals surface area (Å²) in [6.07, 6.45) is 4.20. The van der Waals surface area contributed by atoms with Gasteiger partial charge in [-0.1, -0.05) is 43.7 Å². The van der Waals surface area contributed by atoms with E-state index in [1.165, 1.54) is 24.1 Å². The molecule has 0 spiro atoms. The van der Waals surface area contributed by atoms with Crippen LogP contribution in [0.25, 0.3) is 0 Å². The molecule has 1 aliphatic heterocycles. The summed E-state index contributed by atoms with van der Waals surface area (Å²) in [6, 6.07) is 15.5. The Hall–Kier alpha value is -2.82. The molecule has 5 nitrogen and oxygen atoms in total. The lowest BCUT2D eigenvalue weighted by Crippen LogP contribution is -2.29. The smallest absolute Gasteiger partial charge is 0.338 e. The molecule has 2 aromatic rings. The van der Waals surface area contributed by atoms with Crippen LogP contribution in [0.4, 0.5) is 5.69 Å². The van der Waals surface area contributed by atoms with Gasteiger partial charge in [-0.25, -0.2) is 4.79 Å². The second-order valence-electron chi connectivity index (χ2n) is 7.87. The van der Waals surface area contributed by atoms with Gasteiger partial charge in [-0.05, 0) is 55.5 Å². The third-order valence-corrected chi connectivity index (χ3v) is 5.87. The third kappa shape index (κ3) is 4.84. The number of hydrogen-bond donors (Lipinski definition) is 1. The van der Waals surface area contributed by atoms with Gasteiger partial charge in [-0.2, -0.15) is 0 Å². The number of rotatable bonds is 9. The Balaban J connectivity index is 1.98. The van der Waals surface area contributed by atoms with Crippen molar-refractivity contribution in [2.45, 2.75) is 51.4 Å². The number of esters is 1. The zero-order valence-corrected chi connectivity index (χ0v) is 18.0. The maximum atomic E-state index is 12.7. The molecule has 2 atom stereocenters. The molecular formula is C25H32N2O3. The van der Waals surface area contributed by atoms with Gasteiger partial charge in [0.1, 0.15) is 0 Å². The largest absolute Gasteiger partial charge is 0.462 e. The van der Waals surface area contributed by atoms with Crippen LogP contribution in [0.2, 0.25) is 0 Å². The Morgan fingerprint density at radius 2 is 1.70 bits per heavy atom. The van der Waals surface area contributed by atoms with Gasteiger partial charge in [0.25, 0.3) is 0 Å². The Morgan fingerprint density at radius 3 is 2.30 bits per heavy atom. The second kappa shape index (κ2) is 10.3. The number of benzene rings is 2. The van der Waals surface area contributed by atoms with E-state index in [-0.39, 0.29) is 17.8 Å². The van der Waals surface area contributed by atoms with Crippen LogP contribution >= 0.6 is 0 Å². The molecule has 1 amide bonds. The van der Waals surface area contributed by atoms with E-state index >= 15 is 0 Å². The SMILES string of the molecule is CCCC(c1ccccc1N1CCCC1)C(C(N)=O)c1ccc(C(=O)OCC)cc1.